The minimum absolute atomic E-state index is 0.0471. The molecule has 6 heteroatoms. The van der Waals surface area contributed by atoms with Crippen LogP contribution in [-0.2, 0) is 9.84 Å². The summed E-state index contributed by atoms with van der Waals surface area (Å²) in [6.45, 7) is 2.19. The molecule has 3 rings (SSSR count). The summed E-state index contributed by atoms with van der Waals surface area (Å²) in [6.07, 6.45) is 2.01. The molecule has 0 unspecified atom stereocenters. The Morgan fingerprint density at radius 1 is 1.33 bits per heavy atom. The maximum atomic E-state index is 12.7. The highest BCUT2D eigenvalue weighted by Gasteiger charge is 2.43. The van der Waals surface area contributed by atoms with E-state index in [0.29, 0.717) is 16.5 Å². The molecule has 1 aliphatic carbocycles. The smallest absolute Gasteiger partial charge is 0.255 e. The lowest BCUT2D eigenvalue weighted by molar-refractivity contribution is 0.0679. The number of aryl methyl sites for hydroxylation is 1. The van der Waals surface area contributed by atoms with Gasteiger partial charge in [0.1, 0.15) is 0 Å². The number of carbonyl (C=O) groups excluding carboxylic acids is 1. The summed E-state index contributed by atoms with van der Waals surface area (Å²) in [7, 11) is -3.03. The number of carbonyl (C=O) groups is 1. The van der Waals surface area contributed by atoms with Gasteiger partial charge in [-0.1, -0.05) is 17.7 Å². The molecule has 1 heterocycles. The molecule has 2 aliphatic rings. The Bertz CT molecular complexity index is 682. The van der Waals surface area contributed by atoms with E-state index in [1.54, 1.807) is 17.0 Å². The molecule has 1 aromatic carbocycles. The van der Waals surface area contributed by atoms with Crippen molar-refractivity contribution in [3.63, 3.8) is 0 Å². The van der Waals surface area contributed by atoms with Crippen LogP contribution in [0.15, 0.2) is 18.2 Å². The second kappa shape index (κ2) is 5.29. The van der Waals surface area contributed by atoms with E-state index in [0.717, 1.165) is 18.4 Å². The van der Waals surface area contributed by atoms with Crippen molar-refractivity contribution in [3.8, 4) is 0 Å². The number of benzene rings is 1. The van der Waals surface area contributed by atoms with Crippen LogP contribution in [0.1, 0.15) is 28.8 Å². The number of hydrogen-bond donors (Lipinski definition) is 0. The highest BCUT2D eigenvalue weighted by atomic mass is 35.5. The molecule has 0 bridgehead atoms. The Morgan fingerprint density at radius 3 is 2.67 bits per heavy atom. The van der Waals surface area contributed by atoms with Crippen LogP contribution in [0.25, 0.3) is 0 Å². The predicted molar refractivity (Wildman–Crippen MR) is 82.4 cm³/mol. The first kappa shape index (κ1) is 14.9. The molecule has 0 radical (unpaired) electrons. The van der Waals surface area contributed by atoms with Crippen molar-refractivity contribution in [3.05, 3.63) is 34.3 Å². The van der Waals surface area contributed by atoms with E-state index in [-0.39, 0.29) is 30.0 Å². The Balaban J connectivity index is 1.89. The van der Waals surface area contributed by atoms with E-state index < -0.39 is 9.84 Å². The first-order valence-corrected chi connectivity index (χ1v) is 9.35. The summed E-state index contributed by atoms with van der Waals surface area (Å²) in [5.74, 6) is 0.318. The Kier molecular flexibility index (Phi) is 3.74. The van der Waals surface area contributed by atoms with Crippen molar-refractivity contribution in [2.45, 2.75) is 25.8 Å². The monoisotopic (exact) mass is 327 g/mol. The average molecular weight is 328 g/mol. The SMILES string of the molecule is Cc1ccc(C(=O)N2CCS(=O)(=O)C[C@H]2C2CC2)c(Cl)c1. The number of nitrogens with zero attached hydrogens (tertiary/aromatic N) is 1. The highest BCUT2D eigenvalue weighted by molar-refractivity contribution is 7.91. The summed E-state index contributed by atoms with van der Waals surface area (Å²) in [5.41, 5.74) is 1.46. The van der Waals surface area contributed by atoms with Gasteiger partial charge in [0.2, 0.25) is 0 Å². The van der Waals surface area contributed by atoms with Crippen LogP contribution in [0.5, 0.6) is 0 Å². The summed E-state index contributed by atoms with van der Waals surface area (Å²) < 4.78 is 23.7. The Labute approximate surface area is 130 Å². The molecule has 1 atom stereocenters. The van der Waals surface area contributed by atoms with E-state index in [1.807, 2.05) is 13.0 Å². The maximum Gasteiger partial charge on any atom is 0.255 e. The topological polar surface area (TPSA) is 54.5 Å². The minimum atomic E-state index is -3.03. The van der Waals surface area contributed by atoms with Crippen LogP contribution in [0.3, 0.4) is 0 Å². The third kappa shape index (κ3) is 3.09. The molecule has 1 saturated carbocycles. The predicted octanol–water partition coefficient (Wildman–Crippen LogP) is 2.30. The number of sulfone groups is 1. The maximum absolute atomic E-state index is 12.7. The summed E-state index contributed by atoms with van der Waals surface area (Å²) in [4.78, 5) is 14.4. The summed E-state index contributed by atoms with van der Waals surface area (Å²) >= 11 is 6.18. The third-order valence-electron chi connectivity index (χ3n) is 4.25. The van der Waals surface area contributed by atoms with Crippen molar-refractivity contribution >= 4 is 27.3 Å². The first-order valence-electron chi connectivity index (χ1n) is 7.15. The van der Waals surface area contributed by atoms with E-state index >= 15 is 0 Å². The van der Waals surface area contributed by atoms with Gasteiger partial charge in [0, 0.05) is 12.6 Å². The van der Waals surface area contributed by atoms with Crippen molar-refractivity contribution in [1.82, 2.24) is 4.90 Å². The van der Waals surface area contributed by atoms with Gasteiger partial charge in [-0.3, -0.25) is 4.79 Å². The standard InChI is InChI=1S/C15H18ClNO3S/c1-10-2-5-12(13(16)8-10)15(18)17-6-7-21(19,20)9-14(17)11-3-4-11/h2,5,8,11,14H,3-4,6-7,9H2,1H3/t14-/m0/s1. The highest BCUT2D eigenvalue weighted by Crippen LogP contribution is 2.38. The fourth-order valence-corrected chi connectivity index (χ4v) is 4.84. The molecular formula is C15H18ClNO3S. The van der Waals surface area contributed by atoms with E-state index in [2.05, 4.69) is 0 Å². The van der Waals surface area contributed by atoms with Crippen LogP contribution in [0.2, 0.25) is 5.02 Å². The Hall–Kier alpha value is -1.07. The normalized spacial score (nSPS) is 24.9. The Morgan fingerprint density at radius 2 is 2.05 bits per heavy atom. The van der Waals surface area contributed by atoms with Gasteiger partial charge in [0.25, 0.3) is 5.91 Å². The number of halogens is 1. The molecule has 0 spiro atoms. The molecule has 0 N–H and O–H groups in total. The van der Waals surface area contributed by atoms with Gasteiger partial charge in [0.05, 0.1) is 22.1 Å². The lowest BCUT2D eigenvalue weighted by Gasteiger charge is -2.36. The molecule has 1 saturated heterocycles. The molecular weight excluding hydrogens is 310 g/mol. The van der Waals surface area contributed by atoms with Crippen LogP contribution in [0, 0.1) is 12.8 Å². The molecule has 0 aromatic heterocycles. The molecule has 2 fully saturated rings. The average Bonchev–Trinajstić information content (AvgIpc) is 3.21. The van der Waals surface area contributed by atoms with E-state index in [1.165, 1.54) is 0 Å². The second-order valence-electron chi connectivity index (χ2n) is 6.00. The fourth-order valence-electron chi connectivity index (χ4n) is 2.91. The summed E-state index contributed by atoms with van der Waals surface area (Å²) in [6, 6.07) is 5.16. The van der Waals surface area contributed by atoms with E-state index in [4.69, 9.17) is 11.6 Å². The van der Waals surface area contributed by atoms with Crippen LogP contribution >= 0.6 is 11.6 Å². The lowest BCUT2D eigenvalue weighted by Crippen LogP contribution is -2.52. The van der Waals surface area contributed by atoms with Gasteiger partial charge >= 0.3 is 0 Å². The van der Waals surface area contributed by atoms with Gasteiger partial charge in [-0.05, 0) is 43.4 Å². The zero-order valence-electron chi connectivity index (χ0n) is 11.9. The molecule has 21 heavy (non-hydrogen) atoms. The van der Waals surface area contributed by atoms with Crippen LogP contribution in [0.4, 0.5) is 0 Å². The number of hydrogen-bond acceptors (Lipinski definition) is 3. The molecule has 114 valence electrons. The third-order valence-corrected chi connectivity index (χ3v) is 6.22. The van der Waals surface area contributed by atoms with Crippen molar-refractivity contribution in [2.75, 3.05) is 18.1 Å². The van der Waals surface area contributed by atoms with E-state index in [9.17, 15) is 13.2 Å². The molecule has 4 nitrogen and oxygen atoms in total. The van der Waals surface area contributed by atoms with Gasteiger partial charge in [-0.25, -0.2) is 8.42 Å². The van der Waals surface area contributed by atoms with Gasteiger partial charge in [-0.15, -0.1) is 0 Å². The largest absolute Gasteiger partial charge is 0.333 e. The number of amides is 1. The second-order valence-corrected chi connectivity index (χ2v) is 8.64. The lowest BCUT2D eigenvalue weighted by atomic mass is 10.1. The molecule has 1 amide bonds. The molecule has 1 aromatic rings. The first-order chi connectivity index (χ1) is 9.87. The van der Waals surface area contributed by atoms with Gasteiger partial charge < -0.3 is 4.90 Å². The van der Waals surface area contributed by atoms with Crippen LogP contribution in [-0.4, -0.2) is 43.3 Å². The zero-order valence-corrected chi connectivity index (χ0v) is 13.5. The quantitative estimate of drug-likeness (QED) is 0.837. The van der Waals surface area contributed by atoms with Crippen molar-refractivity contribution in [1.29, 1.82) is 0 Å². The minimum Gasteiger partial charge on any atom is -0.333 e. The van der Waals surface area contributed by atoms with Crippen molar-refractivity contribution < 1.29 is 13.2 Å². The summed E-state index contributed by atoms with van der Waals surface area (Å²) in [5, 5.41) is 0.433. The van der Waals surface area contributed by atoms with Gasteiger partial charge in [-0.2, -0.15) is 0 Å². The van der Waals surface area contributed by atoms with Gasteiger partial charge in [0.15, 0.2) is 9.84 Å². The molecule has 1 aliphatic heterocycles. The zero-order chi connectivity index (χ0) is 15.2. The number of rotatable bonds is 2. The van der Waals surface area contributed by atoms with Crippen LogP contribution < -0.4 is 0 Å². The fraction of sp³-hybridized carbons (Fsp3) is 0.533. The van der Waals surface area contributed by atoms with Crippen molar-refractivity contribution in [2.24, 2.45) is 5.92 Å².